The molecule has 9 heteroatoms. The SMILES string of the molecule is Cc1ccccc1NS(=O)(=O)c1ccc(OCC(=O)Nc2ccc(Br)cc2F)cc1. The first kappa shape index (κ1) is 21.8. The molecule has 156 valence electrons. The van der Waals surface area contributed by atoms with E-state index in [1.807, 2.05) is 6.07 Å². The van der Waals surface area contributed by atoms with Crippen molar-refractivity contribution in [3.63, 3.8) is 0 Å². The van der Waals surface area contributed by atoms with Gasteiger partial charge in [-0.3, -0.25) is 9.52 Å². The monoisotopic (exact) mass is 492 g/mol. The fourth-order valence-electron chi connectivity index (χ4n) is 2.53. The molecule has 3 rings (SSSR count). The van der Waals surface area contributed by atoms with Crippen molar-refractivity contribution in [3.05, 3.63) is 82.6 Å². The number of anilines is 2. The van der Waals surface area contributed by atoms with Crippen LogP contribution < -0.4 is 14.8 Å². The second-order valence-electron chi connectivity index (χ2n) is 6.35. The summed E-state index contributed by atoms with van der Waals surface area (Å²) in [5.41, 5.74) is 1.33. The van der Waals surface area contributed by atoms with Gasteiger partial charge in [-0.1, -0.05) is 34.1 Å². The van der Waals surface area contributed by atoms with E-state index < -0.39 is 21.7 Å². The van der Waals surface area contributed by atoms with Crippen LogP contribution in [0.15, 0.2) is 76.1 Å². The Labute approximate surface area is 182 Å². The van der Waals surface area contributed by atoms with E-state index in [2.05, 4.69) is 26.0 Å². The van der Waals surface area contributed by atoms with Crippen molar-refractivity contribution in [2.24, 2.45) is 0 Å². The molecule has 0 fully saturated rings. The van der Waals surface area contributed by atoms with Crippen LogP contribution in [0.25, 0.3) is 0 Å². The number of benzene rings is 3. The maximum atomic E-state index is 13.8. The molecule has 0 spiro atoms. The first-order valence-electron chi connectivity index (χ1n) is 8.81. The van der Waals surface area contributed by atoms with E-state index in [1.54, 1.807) is 31.2 Å². The lowest BCUT2D eigenvalue weighted by Gasteiger charge is -2.11. The molecule has 0 bridgehead atoms. The van der Waals surface area contributed by atoms with Crippen molar-refractivity contribution in [2.45, 2.75) is 11.8 Å². The smallest absolute Gasteiger partial charge is 0.262 e. The van der Waals surface area contributed by atoms with E-state index in [0.717, 1.165) is 5.56 Å². The lowest BCUT2D eigenvalue weighted by atomic mass is 10.2. The number of aryl methyl sites for hydroxylation is 1. The van der Waals surface area contributed by atoms with Crippen LogP contribution in [0.4, 0.5) is 15.8 Å². The van der Waals surface area contributed by atoms with Gasteiger partial charge in [0.2, 0.25) is 0 Å². The highest BCUT2D eigenvalue weighted by Gasteiger charge is 2.15. The summed E-state index contributed by atoms with van der Waals surface area (Å²) < 4.78 is 47.3. The number of para-hydroxylation sites is 1. The molecule has 0 atom stereocenters. The summed E-state index contributed by atoms with van der Waals surface area (Å²) >= 11 is 3.14. The summed E-state index contributed by atoms with van der Waals surface area (Å²) in [7, 11) is -3.76. The van der Waals surface area contributed by atoms with E-state index in [-0.39, 0.29) is 17.2 Å². The third-order valence-electron chi connectivity index (χ3n) is 4.10. The predicted molar refractivity (Wildman–Crippen MR) is 117 cm³/mol. The van der Waals surface area contributed by atoms with E-state index >= 15 is 0 Å². The molecule has 3 aromatic carbocycles. The molecule has 0 aromatic heterocycles. The summed E-state index contributed by atoms with van der Waals surface area (Å²) in [5.74, 6) is -0.821. The van der Waals surface area contributed by atoms with Crippen LogP contribution in [0.5, 0.6) is 5.75 Å². The molecule has 0 heterocycles. The van der Waals surface area contributed by atoms with Gasteiger partial charge in [-0.15, -0.1) is 0 Å². The Morgan fingerprint density at radius 1 is 1.03 bits per heavy atom. The molecule has 6 nitrogen and oxygen atoms in total. The van der Waals surface area contributed by atoms with Crippen molar-refractivity contribution in [1.29, 1.82) is 0 Å². The number of nitrogens with one attached hydrogen (secondary N) is 2. The highest BCUT2D eigenvalue weighted by Crippen LogP contribution is 2.22. The van der Waals surface area contributed by atoms with Crippen LogP contribution >= 0.6 is 15.9 Å². The molecule has 3 aromatic rings. The van der Waals surface area contributed by atoms with Crippen LogP contribution in [0.1, 0.15) is 5.56 Å². The van der Waals surface area contributed by atoms with Gasteiger partial charge in [0, 0.05) is 4.47 Å². The van der Waals surface area contributed by atoms with Crippen LogP contribution in [-0.4, -0.2) is 20.9 Å². The number of ether oxygens (including phenoxy) is 1. The van der Waals surface area contributed by atoms with Crippen molar-refractivity contribution >= 4 is 43.2 Å². The van der Waals surface area contributed by atoms with Crippen molar-refractivity contribution in [2.75, 3.05) is 16.6 Å². The Morgan fingerprint density at radius 3 is 2.40 bits per heavy atom. The van der Waals surface area contributed by atoms with Gasteiger partial charge in [0.05, 0.1) is 16.3 Å². The van der Waals surface area contributed by atoms with Crippen LogP contribution in [0.3, 0.4) is 0 Å². The second kappa shape index (κ2) is 9.27. The normalized spacial score (nSPS) is 11.0. The summed E-state index contributed by atoms with van der Waals surface area (Å²) in [6.45, 7) is 1.45. The number of amides is 1. The average Bonchev–Trinajstić information content (AvgIpc) is 2.70. The fourth-order valence-corrected chi connectivity index (χ4v) is 4.00. The van der Waals surface area contributed by atoms with Gasteiger partial charge in [-0.2, -0.15) is 0 Å². The van der Waals surface area contributed by atoms with Crippen LogP contribution in [0, 0.1) is 12.7 Å². The number of hydrogen-bond acceptors (Lipinski definition) is 4. The van der Waals surface area contributed by atoms with E-state index in [1.165, 1.54) is 36.4 Å². The zero-order valence-corrected chi connectivity index (χ0v) is 18.3. The Hall–Kier alpha value is -2.91. The molecule has 0 saturated carbocycles. The number of sulfonamides is 1. The standard InChI is InChI=1S/C21H18BrFN2O4S/c1-14-4-2-3-5-19(14)25-30(27,28)17-9-7-16(8-10-17)29-13-21(26)24-20-11-6-15(22)12-18(20)23/h2-12,25H,13H2,1H3,(H,24,26). The van der Waals surface area contributed by atoms with Crippen molar-refractivity contribution in [1.82, 2.24) is 0 Å². The highest BCUT2D eigenvalue weighted by molar-refractivity contribution is 9.10. The topological polar surface area (TPSA) is 84.5 Å². The third-order valence-corrected chi connectivity index (χ3v) is 5.97. The average molecular weight is 493 g/mol. The molecule has 0 aliphatic carbocycles. The first-order chi connectivity index (χ1) is 14.2. The van der Waals surface area contributed by atoms with Gasteiger partial charge < -0.3 is 10.1 Å². The Bertz CT molecular complexity index is 1170. The highest BCUT2D eigenvalue weighted by atomic mass is 79.9. The predicted octanol–water partition coefficient (Wildman–Crippen LogP) is 4.71. The molecule has 0 aliphatic heterocycles. The second-order valence-corrected chi connectivity index (χ2v) is 8.95. The molecule has 0 aliphatic rings. The van der Waals surface area contributed by atoms with Gasteiger partial charge in [-0.05, 0) is 61.0 Å². The molecule has 30 heavy (non-hydrogen) atoms. The zero-order valence-electron chi connectivity index (χ0n) is 15.9. The van der Waals surface area contributed by atoms with Gasteiger partial charge >= 0.3 is 0 Å². The maximum absolute atomic E-state index is 13.8. The van der Waals surface area contributed by atoms with Gasteiger partial charge in [0.1, 0.15) is 11.6 Å². The zero-order chi connectivity index (χ0) is 21.7. The summed E-state index contributed by atoms with van der Waals surface area (Å²) in [5, 5.41) is 2.41. The number of hydrogen-bond donors (Lipinski definition) is 2. The fraction of sp³-hybridized carbons (Fsp3) is 0.0952. The molecular formula is C21H18BrFN2O4S. The molecule has 0 unspecified atom stereocenters. The number of carbonyl (C=O) groups is 1. The van der Waals surface area contributed by atoms with Gasteiger partial charge in [0.15, 0.2) is 6.61 Å². The van der Waals surface area contributed by atoms with Crippen LogP contribution in [-0.2, 0) is 14.8 Å². The first-order valence-corrected chi connectivity index (χ1v) is 11.1. The van der Waals surface area contributed by atoms with Crippen molar-refractivity contribution < 1.29 is 22.3 Å². The molecule has 0 radical (unpaired) electrons. The molecule has 1 amide bonds. The number of halogens is 2. The molecular weight excluding hydrogens is 475 g/mol. The minimum Gasteiger partial charge on any atom is -0.484 e. The van der Waals surface area contributed by atoms with E-state index in [9.17, 15) is 17.6 Å². The summed E-state index contributed by atoms with van der Waals surface area (Å²) in [6.07, 6.45) is 0. The number of rotatable bonds is 7. The van der Waals surface area contributed by atoms with Crippen molar-refractivity contribution in [3.8, 4) is 5.75 Å². The Morgan fingerprint density at radius 2 is 1.73 bits per heavy atom. The van der Waals surface area contributed by atoms with E-state index in [4.69, 9.17) is 4.74 Å². The van der Waals surface area contributed by atoms with E-state index in [0.29, 0.717) is 15.9 Å². The van der Waals surface area contributed by atoms with Gasteiger partial charge in [0.25, 0.3) is 15.9 Å². The minimum absolute atomic E-state index is 0.0375. The Balaban J connectivity index is 1.60. The largest absolute Gasteiger partial charge is 0.484 e. The lowest BCUT2D eigenvalue weighted by Crippen LogP contribution is -2.20. The van der Waals surface area contributed by atoms with Gasteiger partial charge in [-0.25, -0.2) is 12.8 Å². The summed E-state index contributed by atoms with van der Waals surface area (Å²) in [4.78, 5) is 12.0. The van der Waals surface area contributed by atoms with Crippen LogP contribution in [0.2, 0.25) is 0 Å². The summed E-state index contributed by atoms with van der Waals surface area (Å²) in [6, 6.07) is 17.0. The quantitative estimate of drug-likeness (QED) is 0.499. The minimum atomic E-state index is -3.76. The third kappa shape index (κ3) is 5.58. The molecule has 2 N–H and O–H groups in total. The Kier molecular flexibility index (Phi) is 6.73. The molecule has 0 saturated heterocycles. The maximum Gasteiger partial charge on any atom is 0.262 e. The number of carbonyl (C=O) groups excluding carboxylic acids is 1. The lowest BCUT2D eigenvalue weighted by molar-refractivity contribution is -0.118.